The first-order valence-corrected chi connectivity index (χ1v) is 15.3. The monoisotopic (exact) mass is 641 g/mol. The molecule has 4 N–H and O–H groups in total. The smallest absolute Gasteiger partial charge is 0.296 e. The SMILES string of the molecule is CN(c1ccccc1)c1nc(Cl)nc(Nc2cccc3cc(S(=O)(=O)O)c(N=Nc4ccccc4S(=O)(=O)O)c(O)c23)n1. The Labute approximate surface area is 249 Å². The molecule has 0 aliphatic heterocycles. The van der Waals surface area contributed by atoms with Crippen LogP contribution in [0.5, 0.6) is 5.75 Å². The second-order valence-corrected chi connectivity index (χ2v) is 12.0. The Hall–Kier alpha value is -4.74. The standard InChI is InChI=1S/C26H20ClN7O7S2/c1-34(16-9-3-2-4-10-16)26-30-24(27)29-25(31-26)28-18-12-7-8-15-14-20(43(39,40)41)22(23(35)21(15)18)33-32-17-11-5-6-13-19(17)42(36,37)38/h2-14,35H,1H3,(H,36,37,38)(H,39,40,41)(H,28,29,30,31). The van der Waals surface area contributed by atoms with Crippen LogP contribution in [0.3, 0.4) is 0 Å². The van der Waals surface area contributed by atoms with E-state index in [2.05, 4.69) is 30.5 Å². The van der Waals surface area contributed by atoms with Crippen LogP contribution in [0.4, 0.5) is 34.6 Å². The Morgan fingerprint density at radius 3 is 2.19 bits per heavy atom. The lowest BCUT2D eigenvalue weighted by Gasteiger charge is -2.18. The van der Waals surface area contributed by atoms with Crippen LogP contribution in [-0.2, 0) is 20.2 Å². The van der Waals surface area contributed by atoms with Crippen molar-refractivity contribution in [2.24, 2.45) is 10.2 Å². The second kappa shape index (κ2) is 11.5. The quantitative estimate of drug-likeness (QED) is 0.117. The van der Waals surface area contributed by atoms with Crippen molar-refractivity contribution < 1.29 is 31.0 Å². The van der Waals surface area contributed by atoms with Gasteiger partial charge < -0.3 is 15.3 Å². The lowest BCUT2D eigenvalue weighted by Crippen LogP contribution is -2.14. The average Bonchev–Trinajstić information content (AvgIpc) is 2.95. The van der Waals surface area contributed by atoms with E-state index < -0.39 is 41.5 Å². The molecule has 0 saturated carbocycles. The van der Waals surface area contributed by atoms with Gasteiger partial charge in [0.2, 0.25) is 17.2 Å². The highest BCUT2D eigenvalue weighted by Crippen LogP contribution is 2.45. The molecule has 0 bridgehead atoms. The van der Waals surface area contributed by atoms with Crippen molar-refractivity contribution in [2.75, 3.05) is 17.3 Å². The first-order chi connectivity index (χ1) is 20.3. The summed E-state index contributed by atoms with van der Waals surface area (Å²) in [5, 5.41) is 21.8. The molecule has 0 spiro atoms. The van der Waals surface area contributed by atoms with Gasteiger partial charge in [-0.25, -0.2) is 0 Å². The molecule has 0 amide bonds. The van der Waals surface area contributed by atoms with E-state index in [9.17, 15) is 31.0 Å². The molecule has 5 aromatic rings. The molecule has 0 radical (unpaired) electrons. The molecule has 0 unspecified atom stereocenters. The maximum atomic E-state index is 12.3. The molecule has 0 aliphatic carbocycles. The number of benzene rings is 4. The van der Waals surface area contributed by atoms with E-state index in [4.69, 9.17) is 11.6 Å². The molecule has 1 aromatic heterocycles. The van der Waals surface area contributed by atoms with Gasteiger partial charge in [0.15, 0.2) is 5.75 Å². The van der Waals surface area contributed by atoms with Crippen LogP contribution in [0.15, 0.2) is 98.9 Å². The fourth-order valence-corrected chi connectivity index (χ4v) is 5.53. The van der Waals surface area contributed by atoms with Crippen LogP contribution in [0.2, 0.25) is 5.28 Å². The van der Waals surface area contributed by atoms with Crippen molar-refractivity contribution >= 4 is 77.3 Å². The van der Waals surface area contributed by atoms with Crippen LogP contribution >= 0.6 is 11.6 Å². The number of para-hydroxylation sites is 1. The van der Waals surface area contributed by atoms with Crippen molar-refractivity contribution in [3.8, 4) is 5.75 Å². The van der Waals surface area contributed by atoms with E-state index in [-0.39, 0.29) is 39.3 Å². The third kappa shape index (κ3) is 6.37. The zero-order valence-corrected chi connectivity index (χ0v) is 24.2. The van der Waals surface area contributed by atoms with Crippen LogP contribution in [0.1, 0.15) is 0 Å². The first kappa shape index (κ1) is 29.7. The zero-order chi connectivity index (χ0) is 30.9. The van der Waals surface area contributed by atoms with Gasteiger partial charge in [-0.05, 0) is 53.4 Å². The van der Waals surface area contributed by atoms with E-state index >= 15 is 0 Å². The average molecular weight is 642 g/mol. The Balaban J connectivity index is 1.64. The van der Waals surface area contributed by atoms with E-state index in [0.717, 1.165) is 17.8 Å². The minimum atomic E-state index is -4.97. The predicted octanol–water partition coefficient (Wildman–Crippen LogP) is 5.80. The number of anilines is 4. The molecular weight excluding hydrogens is 622 g/mol. The lowest BCUT2D eigenvalue weighted by molar-refractivity contribution is 0.472. The number of hydrogen-bond acceptors (Lipinski definition) is 12. The molecule has 0 atom stereocenters. The van der Waals surface area contributed by atoms with Gasteiger partial charge in [-0.3, -0.25) is 9.11 Å². The van der Waals surface area contributed by atoms with Gasteiger partial charge in [0, 0.05) is 18.1 Å². The van der Waals surface area contributed by atoms with Crippen molar-refractivity contribution in [1.29, 1.82) is 0 Å². The Morgan fingerprint density at radius 1 is 0.814 bits per heavy atom. The number of nitrogens with zero attached hydrogens (tertiary/aromatic N) is 6. The van der Waals surface area contributed by atoms with Crippen LogP contribution in [-0.4, -0.2) is 53.0 Å². The van der Waals surface area contributed by atoms with Crippen molar-refractivity contribution in [1.82, 2.24) is 15.0 Å². The number of rotatable bonds is 8. The third-order valence-corrected chi connectivity index (χ3v) is 7.98. The number of phenolic OH excluding ortho intramolecular Hbond substituents is 1. The van der Waals surface area contributed by atoms with E-state index in [0.29, 0.717) is 0 Å². The molecular formula is C26H20ClN7O7S2. The molecule has 17 heteroatoms. The number of phenols is 1. The Morgan fingerprint density at radius 2 is 1.49 bits per heavy atom. The van der Waals surface area contributed by atoms with Crippen molar-refractivity contribution in [3.63, 3.8) is 0 Å². The number of aromatic nitrogens is 3. The molecule has 5 rings (SSSR count). The van der Waals surface area contributed by atoms with Gasteiger partial charge in [-0.2, -0.15) is 31.8 Å². The van der Waals surface area contributed by atoms with E-state index in [1.807, 2.05) is 30.3 Å². The van der Waals surface area contributed by atoms with Crippen LogP contribution in [0, 0.1) is 0 Å². The highest BCUT2D eigenvalue weighted by molar-refractivity contribution is 7.86. The topological polar surface area (TPSA) is 208 Å². The summed E-state index contributed by atoms with van der Waals surface area (Å²) in [6.07, 6.45) is 0. The molecule has 14 nitrogen and oxygen atoms in total. The maximum absolute atomic E-state index is 12.3. The zero-order valence-electron chi connectivity index (χ0n) is 21.9. The largest absolute Gasteiger partial charge is 0.505 e. The summed E-state index contributed by atoms with van der Waals surface area (Å²) in [6.45, 7) is 0. The fourth-order valence-electron chi connectivity index (χ4n) is 4.09. The van der Waals surface area contributed by atoms with Gasteiger partial charge in [-0.15, -0.1) is 10.2 Å². The van der Waals surface area contributed by atoms with Gasteiger partial charge in [-0.1, -0.05) is 42.5 Å². The van der Waals surface area contributed by atoms with Gasteiger partial charge in [0.05, 0.1) is 5.69 Å². The van der Waals surface area contributed by atoms with Gasteiger partial charge in [0.1, 0.15) is 21.2 Å². The lowest BCUT2D eigenvalue weighted by atomic mass is 10.1. The summed E-state index contributed by atoms with van der Waals surface area (Å²) in [4.78, 5) is 12.9. The van der Waals surface area contributed by atoms with E-state index in [1.165, 1.54) is 30.3 Å². The Bertz CT molecular complexity index is 2110. The number of nitrogens with one attached hydrogen (secondary N) is 1. The molecule has 0 aliphatic rings. The number of halogens is 1. The summed E-state index contributed by atoms with van der Waals surface area (Å²) in [6, 6.07) is 19.8. The van der Waals surface area contributed by atoms with Crippen molar-refractivity contribution in [2.45, 2.75) is 9.79 Å². The number of hydrogen-bond donors (Lipinski definition) is 4. The van der Waals surface area contributed by atoms with Gasteiger partial charge >= 0.3 is 0 Å². The molecule has 1 heterocycles. The predicted molar refractivity (Wildman–Crippen MR) is 158 cm³/mol. The number of azo groups is 1. The van der Waals surface area contributed by atoms with Crippen LogP contribution < -0.4 is 10.2 Å². The highest BCUT2D eigenvalue weighted by Gasteiger charge is 2.24. The third-order valence-electron chi connectivity index (χ3n) is 6.04. The minimum absolute atomic E-state index is 0.0196. The normalized spacial score (nSPS) is 12.1. The minimum Gasteiger partial charge on any atom is -0.505 e. The van der Waals surface area contributed by atoms with E-state index in [1.54, 1.807) is 18.0 Å². The van der Waals surface area contributed by atoms with Crippen LogP contribution in [0.25, 0.3) is 10.8 Å². The number of fused-ring (bicyclic) bond motifs is 1. The second-order valence-electron chi connectivity index (χ2n) is 8.84. The summed E-state index contributed by atoms with van der Waals surface area (Å²) in [7, 11) is -7.96. The fraction of sp³-hybridized carbons (Fsp3) is 0.0385. The maximum Gasteiger partial charge on any atom is 0.296 e. The van der Waals surface area contributed by atoms with Crippen molar-refractivity contribution in [3.05, 3.63) is 84.1 Å². The van der Waals surface area contributed by atoms with Gasteiger partial charge in [0.25, 0.3) is 20.2 Å². The summed E-state index contributed by atoms with van der Waals surface area (Å²) in [5.74, 6) is -0.560. The summed E-state index contributed by atoms with van der Waals surface area (Å²) >= 11 is 6.18. The molecule has 0 fully saturated rings. The number of aromatic hydroxyl groups is 1. The molecule has 43 heavy (non-hydrogen) atoms. The Kier molecular flexibility index (Phi) is 7.96. The first-order valence-electron chi connectivity index (χ1n) is 12.0. The molecule has 4 aromatic carbocycles. The molecule has 0 saturated heterocycles. The summed E-state index contributed by atoms with van der Waals surface area (Å²) in [5.41, 5.74) is -0.108. The highest BCUT2D eigenvalue weighted by atomic mass is 35.5. The molecule has 220 valence electrons. The summed E-state index contributed by atoms with van der Waals surface area (Å²) < 4.78 is 67.5.